The molecular formula is C18H19ClN4O3. The summed E-state index contributed by atoms with van der Waals surface area (Å²) in [7, 11) is 0. The van der Waals surface area contributed by atoms with Crippen molar-refractivity contribution in [1.29, 1.82) is 0 Å². The molecule has 0 fully saturated rings. The maximum atomic E-state index is 12.6. The van der Waals surface area contributed by atoms with Gasteiger partial charge in [0.25, 0.3) is 5.91 Å². The van der Waals surface area contributed by atoms with Gasteiger partial charge in [0, 0.05) is 6.54 Å². The number of nitrogens with one attached hydrogen (secondary N) is 1. The largest absolute Gasteiger partial charge is 0.487 e. The Morgan fingerprint density at radius 3 is 2.81 bits per heavy atom. The first kappa shape index (κ1) is 18.0. The smallest absolute Gasteiger partial charge is 0.278 e. The third kappa shape index (κ3) is 3.57. The van der Waals surface area contributed by atoms with Crippen molar-refractivity contribution in [2.75, 3.05) is 5.32 Å². The molecule has 1 aromatic carbocycles. The van der Waals surface area contributed by atoms with Crippen LogP contribution >= 0.6 is 11.6 Å². The summed E-state index contributed by atoms with van der Waals surface area (Å²) in [6, 6.07) is 7.13. The highest BCUT2D eigenvalue weighted by Crippen LogP contribution is 2.25. The number of para-hydroxylation sites is 1. The van der Waals surface area contributed by atoms with Gasteiger partial charge in [-0.05, 0) is 32.9 Å². The molecule has 0 bridgehead atoms. The van der Waals surface area contributed by atoms with Gasteiger partial charge in [0.15, 0.2) is 5.69 Å². The Balaban J connectivity index is 1.77. The second kappa shape index (κ2) is 7.61. The lowest BCUT2D eigenvalue weighted by atomic mass is 10.2. The number of rotatable bonds is 6. The third-order valence-electron chi connectivity index (χ3n) is 4.06. The van der Waals surface area contributed by atoms with E-state index in [9.17, 15) is 4.79 Å². The molecule has 2 heterocycles. The lowest BCUT2D eigenvalue weighted by Crippen LogP contribution is -2.16. The van der Waals surface area contributed by atoms with E-state index in [1.54, 1.807) is 29.9 Å². The second-order valence-corrected chi connectivity index (χ2v) is 6.11. The molecule has 2 aromatic heterocycles. The average molecular weight is 375 g/mol. The molecule has 0 radical (unpaired) electrons. The first-order valence-electron chi connectivity index (χ1n) is 8.17. The van der Waals surface area contributed by atoms with Crippen molar-refractivity contribution in [3.63, 3.8) is 0 Å². The van der Waals surface area contributed by atoms with E-state index in [4.69, 9.17) is 20.9 Å². The normalized spacial score (nSPS) is 10.8. The Kier molecular flexibility index (Phi) is 5.27. The topological polar surface area (TPSA) is 82.2 Å². The zero-order chi connectivity index (χ0) is 18.7. The zero-order valence-electron chi connectivity index (χ0n) is 14.7. The summed E-state index contributed by atoms with van der Waals surface area (Å²) in [6.07, 6.45) is 1.61. The monoisotopic (exact) mass is 374 g/mol. The summed E-state index contributed by atoms with van der Waals surface area (Å²) in [5, 5.41) is 11.4. The van der Waals surface area contributed by atoms with Crippen molar-refractivity contribution in [3.05, 3.63) is 58.2 Å². The van der Waals surface area contributed by atoms with Crippen molar-refractivity contribution in [2.24, 2.45) is 0 Å². The molecule has 1 N–H and O–H groups in total. The minimum absolute atomic E-state index is 0.120. The fourth-order valence-electron chi connectivity index (χ4n) is 2.52. The van der Waals surface area contributed by atoms with Crippen LogP contribution in [0.2, 0.25) is 5.02 Å². The van der Waals surface area contributed by atoms with E-state index in [0.717, 1.165) is 12.2 Å². The third-order valence-corrected chi connectivity index (χ3v) is 4.37. The van der Waals surface area contributed by atoms with Crippen LogP contribution < -0.4 is 10.1 Å². The molecule has 1 amide bonds. The minimum atomic E-state index is -0.377. The average Bonchev–Trinajstić information content (AvgIpc) is 3.17. The van der Waals surface area contributed by atoms with Crippen LogP contribution in [0.25, 0.3) is 0 Å². The lowest BCUT2D eigenvalue weighted by Gasteiger charge is -2.08. The van der Waals surface area contributed by atoms with Gasteiger partial charge in [-0.25, -0.2) is 0 Å². The maximum Gasteiger partial charge on any atom is 0.278 e. The van der Waals surface area contributed by atoms with Crippen LogP contribution in [-0.2, 0) is 13.2 Å². The second-order valence-electron chi connectivity index (χ2n) is 5.70. The van der Waals surface area contributed by atoms with Crippen LogP contribution in [-0.4, -0.2) is 20.8 Å². The molecule has 0 aliphatic rings. The molecule has 0 aliphatic carbocycles. The van der Waals surface area contributed by atoms with Gasteiger partial charge in [-0.15, -0.1) is 0 Å². The molecule has 0 aliphatic heterocycles. The number of anilines is 1. The van der Waals surface area contributed by atoms with Crippen LogP contribution in [0, 0.1) is 13.8 Å². The fraction of sp³-hybridized carbons (Fsp3) is 0.278. The van der Waals surface area contributed by atoms with Gasteiger partial charge in [0.1, 0.15) is 18.1 Å². The van der Waals surface area contributed by atoms with Crippen molar-refractivity contribution in [3.8, 4) is 5.75 Å². The molecule has 26 heavy (non-hydrogen) atoms. The summed E-state index contributed by atoms with van der Waals surface area (Å²) in [5.41, 5.74) is 2.26. The Morgan fingerprint density at radius 1 is 1.35 bits per heavy atom. The number of ether oxygens (including phenoxy) is 1. The van der Waals surface area contributed by atoms with Crippen LogP contribution in [0.15, 0.2) is 35.0 Å². The molecule has 3 rings (SSSR count). The fourth-order valence-corrected chi connectivity index (χ4v) is 2.71. The maximum absolute atomic E-state index is 12.6. The van der Waals surface area contributed by atoms with E-state index in [1.807, 2.05) is 26.0 Å². The molecule has 8 heteroatoms. The lowest BCUT2D eigenvalue weighted by molar-refractivity contribution is 0.101. The number of aryl methyl sites for hydroxylation is 2. The van der Waals surface area contributed by atoms with E-state index in [1.165, 1.54) is 0 Å². The highest BCUT2D eigenvalue weighted by atomic mass is 35.5. The molecular weight excluding hydrogens is 356 g/mol. The highest BCUT2D eigenvalue weighted by Gasteiger charge is 2.22. The molecule has 0 unspecified atom stereocenters. The van der Waals surface area contributed by atoms with Gasteiger partial charge >= 0.3 is 0 Å². The molecule has 136 valence electrons. The predicted molar refractivity (Wildman–Crippen MR) is 97.6 cm³/mol. The van der Waals surface area contributed by atoms with Crippen molar-refractivity contribution in [2.45, 2.75) is 33.9 Å². The number of carbonyl (C=O) groups excluding carboxylic acids is 1. The number of hydrogen-bond donors (Lipinski definition) is 1. The molecule has 0 spiro atoms. The van der Waals surface area contributed by atoms with Crippen molar-refractivity contribution in [1.82, 2.24) is 14.9 Å². The number of hydrogen-bond acceptors (Lipinski definition) is 5. The van der Waals surface area contributed by atoms with Crippen molar-refractivity contribution >= 4 is 23.2 Å². The van der Waals surface area contributed by atoms with E-state index in [-0.39, 0.29) is 18.2 Å². The van der Waals surface area contributed by atoms with E-state index in [2.05, 4.69) is 15.6 Å². The van der Waals surface area contributed by atoms with Gasteiger partial charge in [-0.3, -0.25) is 9.48 Å². The Morgan fingerprint density at radius 2 is 2.12 bits per heavy atom. The summed E-state index contributed by atoms with van der Waals surface area (Å²) >= 11 is 6.09. The van der Waals surface area contributed by atoms with E-state index >= 15 is 0 Å². The number of carbonyl (C=O) groups is 1. The molecule has 7 nitrogen and oxygen atoms in total. The van der Waals surface area contributed by atoms with Gasteiger partial charge < -0.3 is 14.6 Å². The zero-order valence-corrected chi connectivity index (χ0v) is 15.5. The molecule has 0 atom stereocenters. The Hall–Kier alpha value is -2.80. The number of amides is 1. The Bertz CT molecular complexity index is 932. The predicted octanol–water partition coefficient (Wildman–Crippen LogP) is 3.99. The minimum Gasteiger partial charge on any atom is -0.487 e. The Labute approximate surface area is 155 Å². The standard InChI is InChI=1S/C18H19ClN4O3/c1-4-23-11(2)15(9-20-23)21-18(24)17-13(12(3)26-22-17)10-25-16-8-6-5-7-14(16)19/h5-9H,4,10H2,1-3H3,(H,21,24). The first-order valence-corrected chi connectivity index (χ1v) is 8.55. The number of aromatic nitrogens is 3. The van der Waals surface area contributed by atoms with E-state index in [0.29, 0.717) is 27.8 Å². The van der Waals surface area contributed by atoms with Crippen molar-refractivity contribution < 1.29 is 14.1 Å². The van der Waals surface area contributed by atoms with Crippen LogP contribution in [0.1, 0.15) is 34.4 Å². The highest BCUT2D eigenvalue weighted by molar-refractivity contribution is 6.32. The molecule has 0 saturated carbocycles. The van der Waals surface area contributed by atoms with Gasteiger partial charge in [0.05, 0.1) is 28.2 Å². The molecule has 3 aromatic rings. The summed E-state index contributed by atoms with van der Waals surface area (Å²) in [6.45, 7) is 6.45. The van der Waals surface area contributed by atoms with Gasteiger partial charge in [-0.2, -0.15) is 5.10 Å². The number of halogens is 1. The van der Waals surface area contributed by atoms with Crippen LogP contribution in [0.4, 0.5) is 5.69 Å². The van der Waals surface area contributed by atoms with E-state index < -0.39 is 0 Å². The number of benzene rings is 1. The van der Waals surface area contributed by atoms with Crippen LogP contribution in [0.3, 0.4) is 0 Å². The number of nitrogens with zero attached hydrogens (tertiary/aromatic N) is 3. The molecule has 0 saturated heterocycles. The summed E-state index contributed by atoms with van der Waals surface area (Å²) in [5.74, 6) is 0.669. The quantitative estimate of drug-likeness (QED) is 0.705. The SMILES string of the molecule is CCn1ncc(NC(=O)c2noc(C)c2COc2ccccc2Cl)c1C. The van der Waals surface area contributed by atoms with Gasteiger partial charge in [0.2, 0.25) is 0 Å². The van der Waals surface area contributed by atoms with Crippen LogP contribution in [0.5, 0.6) is 5.75 Å². The van der Waals surface area contributed by atoms with Gasteiger partial charge in [-0.1, -0.05) is 28.9 Å². The summed E-state index contributed by atoms with van der Waals surface area (Å²) in [4.78, 5) is 12.6. The summed E-state index contributed by atoms with van der Waals surface area (Å²) < 4.78 is 12.7. The first-order chi connectivity index (χ1) is 12.5.